The van der Waals surface area contributed by atoms with Gasteiger partial charge >= 0.3 is 0 Å². The number of hydrogen-bond acceptors (Lipinski definition) is 5. The zero-order valence-corrected chi connectivity index (χ0v) is 16.0. The van der Waals surface area contributed by atoms with Crippen LogP contribution in [0, 0.1) is 10.6 Å². The van der Waals surface area contributed by atoms with Gasteiger partial charge in [-0.25, -0.2) is 17.5 Å². The van der Waals surface area contributed by atoms with Crippen LogP contribution in [0.5, 0.6) is 0 Å². The average Bonchev–Trinajstić information content (AvgIpc) is 2.98. The van der Waals surface area contributed by atoms with Crippen LogP contribution in [0.25, 0.3) is 5.65 Å². The van der Waals surface area contributed by atoms with E-state index < -0.39 is 15.8 Å². The zero-order chi connectivity index (χ0) is 19.0. The Bertz CT molecular complexity index is 1130. The number of halogens is 1. The van der Waals surface area contributed by atoms with Gasteiger partial charge < -0.3 is 0 Å². The van der Waals surface area contributed by atoms with Crippen molar-refractivity contribution in [3.05, 3.63) is 59.2 Å². The number of rotatable bonds is 4. The van der Waals surface area contributed by atoms with E-state index in [-0.39, 0.29) is 18.0 Å². The Morgan fingerprint density at radius 3 is 2.44 bits per heavy atom. The van der Waals surface area contributed by atoms with Crippen LogP contribution in [0.3, 0.4) is 0 Å². The number of piperazine rings is 1. The van der Waals surface area contributed by atoms with Crippen LogP contribution in [0.2, 0.25) is 0 Å². The van der Waals surface area contributed by atoms with Gasteiger partial charge in [0, 0.05) is 32.4 Å². The van der Waals surface area contributed by atoms with E-state index in [4.69, 9.17) is 12.2 Å². The molecule has 1 aliphatic heterocycles. The lowest BCUT2D eigenvalue weighted by atomic mass is 10.3. The van der Waals surface area contributed by atoms with Crippen LogP contribution in [0.15, 0.2) is 53.6 Å². The fourth-order valence-electron chi connectivity index (χ4n) is 3.15. The summed E-state index contributed by atoms with van der Waals surface area (Å²) in [5.74, 6) is -0.726. The van der Waals surface area contributed by atoms with E-state index in [1.54, 1.807) is 4.68 Å². The summed E-state index contributed by atoms with van der Waals surface area (Å²) in [6.07, 6.45) is 1.86. The second-order valence-electron chi connectivity index (χ2n) is 6.30. The lowest BCUT2D eigenvalue weighted by Gasteiger charge is -2.33. The van der Waals surface area contributed by atoms with Gasteiger partial charge in [0.25, 0.3) is 0 Å². The zero-order valence-electron chi connectivity index (χ0n) is 14.4. The molecule has 1 aliphatic rings. The smallest absolute Gasteiger partial charge is 0.246 e. The molecule has 7 nitrogen and oxygen atoms in total. The first-order valence-electron chi connectivity index (χ1n) is 8.48. The van der Waals surface area contributed by atoms with E-state index in [9.17, 15) is 12.8 Å². The summed E-state index contributed by atoms with van der Waals surface area (Å²) in [6, 6.07) is 11.1. The molecule has 1 fully saturated rings. The molecule has 142 valence electrons. The first-order chi connectivity index (χ1) is 13.0. The van der Waals surface area contributed by atoms with Gasteiger partial charge in [-0.1, -0.05) is 18.2 Å². The molecule has 0 atom stereocenters. The maximum absolute atomic E-state index is 13.9. The van der Waals surface area contributed by atoms with Crippen molar-refractivity contribution in [3.8, 4) is 0 Å². The third kappa shape index (κ3) is 3.41. The number of nitrogens with zero attached hydrogens (tertiary/aromatic N) is 5. The van der Waals surface area contributed by atoms with Crippen LogP contribution in [-0.4, -0.2) is 58.0 Å². The van der Waals surface area contributed by atoms with E-state index in [0.717, 1.165) is 11.7 Å². The van der Waals surface area contributed by atoms with Gasteiger partial charge in [-0.15, -0.1) is 0 Å². The van der Waals surface area contributed by atoms with E-state index in [2.05, 4.69) is 10.00 Å². The van der Waals surface area contributed by atoms with Crippen LogP contribution < -0.4 is 0 Å². The molecule has 0 unspecified atom stereocenters. The fourth-order valence-corrected chi connectivity index (χ4v) is 4.89. The Kier molecular flexibility index (Phi) is 4.81. The average molecular weight is 407 g/mol. The maximum atomic E-state index is 13.9. The fraction of sp³-hybridized carbons (Fsp3) is 0.294. The minimum Gasteiger partial charge on any atom is -0.282 e. The van der Waals surface area contributed by atoms with E-state index in [1.165, 1.54) is 22.5 Å². The molecule has 0 amide bonds. The topological polar surface area (TPSA) is 62.9 Å². The third-order valence-corrected chi connectivity index (χ3v) is 6.95. The Morgan fingerprint density at radius 1 is 1.04 bits per heavy atom. The summed E-state index contributed by atoms with van der Waals surface area (Å²) < 4.78 is 44.7. The molecule has 1 aromatic carbocycles. The Balaban J connectivity index is 1.47. The highest BCUT2D eigenvalue weighted by atomic mass is 32.2. The summed E-state index contributed by atoms with van der Waals surface area (Å²) >= 11 is 5.44. The lowest BCUT2D eigenvalue weighted by Crippen LogP contribution is -2.49. The summed E-state index contributed by atoms with van der Waals surface area (Å²) in [5, 5.41) is 4.49. The number of sulfonamides is 1. The molecular weight excluding hydrogens is 389 g/mol. The van der Waals surface area contributed by atoms with Crippen molar-refractivity contribution in [3.63, 3.8) is 0 Å². The first-order valence-corrected chi connectivity index (χ1v) is 10.3. The molecule has 0 spiro atoms. The predicted octanol–water partition coefficient (Wildman–Crippen LogP) is 1.97. The summed E-state index contributed by atoms with van der Waals surface area (Å²) in [4.78, 5) is 1.80. The van der Waals surface area contributed by atoms with E-state index in [0.29, 0.717) is 24.5 Å². The molecule has 0 N–H and O–H groups in total. The number of pyridine rings is 1. The second kappa shape index (κ2) is 7.12. The number of fused-ring (bicyclic) bond motifs is 1. The first kappa shape index (κ1) is 18.2. The highest BCUT2D eigenvalue weighted by molar-refractivity contribution is 7.89. The molecule has 0 aliphatic carbocycles. The minimum absolute atomic E-state index is 0.277. The predicted molar refractivity (Wildman–Crippen MR) is 101 cm³/mol. The van der Waals surface area contributed by atoms with Crippen LogP contribution >= 0.6 is 12.2 Å². The minimum atomic E-state index is -3.83. The number of hydrogen-bond donors (Lipinski definition) is 0. The van der Waals surface area contributed by atoms with Gasteiger partial charge in [-0.2, -0.15) is 9.40 Å². The van der Waals surface area contributed by atoms with Crippen molar-refractivity contribution in [2.45, 2.75) is 11.6 Å². The van der Waals surface area contributed by atoms with Gasteiger partial charge in [0.2, 0.25) is 14.8 Å². The van der Waals surface area contributed by atoms with Crippen molar-refractivity contribution in [1.82, 2.24) is 23.4 Å². The summed E-state index contributed by atoms with van der Waals surface area (Å²) in [5.41, 5.74) is 0.767. The molecule has 0 saturated carbocycles. The van der Waals surface area contributed by atoms with Crippen LogP contribution in [-0.2, 0) is 16.7 Å². The molecule has 3 aromatic rings. The van der Waals surface area contributed by atoms with Crippen molar-refractivity contribution in [2.75, 3.05) is 26.2 Å². The van der Waals surface area contributed by atoms with Crippen LogP contribution in [0.4, 0.5) is 4.39 Å². The van der Waals surface area contributed by atoms with Crippen LogP contribution in [0.1, 0.15) is 0 Å². The molecule has 1 saturated heterocycles. The highest BCUT2D eigenvalue weighted by Crippen LogP contribution is 2.20. The highest BCUT2D eigenvalue weighted by Gasteiger charge is 2.30. The maximum Gasteiger partial charge on any atom is 0.246 e. The molecular formula is C17H18FN5O2S2. The summed E-state index contributed by atoms with van der Waals surface area (Å²) in [7, 11) is -3.83. The molecule has 0 radical (unpaired) electrons. The Morgan fingerprint density at radius 2 is 1.74 bits per heavy atom. The Hall–Kier alpha value is -2.14. The second-order valence-corrected chi connectivity index (χ2v) is 8.58. The SMILES string of the molecule is O=S(=O)(c1ccccc1F)N1CCN(Cn2nc3ccccn3c2=S)CC1. The van der Waals surface area contributed by atoms with Gasteiger partial charge in [0.05, 0.1) is 6.67 Å². The molecule has 10 heteroatoms. The Labute approximate surface area is 161 Å². The van der Waals surface area contributed by atoms with Gasteiger partial charge in [0.1, 0.15) is 10.7 Å². The molecule has 2 aromatic heterocycles. The van der Waals surface area contributed by atoms with Crippen molar-refractivity contribution in [1.29, 1.82) is 0 Å². The van der Waals surface area contributed by atoms with Gasteiger partial charge in [0.15, 0.2) is 5.65 Å². The quantitative estimate of drug-likeness (QED) is 0.619. The van der Waals surface area contributed by atoms with Gasteiger partial charge in [-0.3, -0.25) is 9.30 Å². The monoisotopic (exact) mass is 407 g/mol. The summed E-state index contributed by atoms with van der Waals surface area (Å²) in [6.45, 7) is 2.09. The van der Waals surface area contributed by atoms with Gasteiger partial charge in [-0.05, 0) is 36.5 Å². The largest absolute Gasteiger partial charge is 0.282 e. The van der Waals surface area contributed by atoms with Crippen molar-refractivity contribution >= 4 is 27.9 Å². The number of benzene rings is 1. The molecule has 27 heavy (non-hydrogen) atoms. The lowest BCUT2D eigenvalue weighted by molar-refractivity contribution is 0.145. The molecule has 0 bridgehead atoms. The standard InChI is InChI=1S/C17H18FN5O2S2/c18-14-5-1-2-6-15(14)27(24,25)21-11-9-20(10-12-21)13-23-17(26)22-8-4-3-7-16(22)19-23/h1-8H,9-13H2. The number of aromatic nitrogens is 3. The molecule has 4 rings (SSSR count). The third-order valence-electron chi connectivity index (χ3n) is 4.61. The normalized spacial score (nSPS) is 16.8. The van der Waals surface area contributed by atoms with E-state index in [1.807, 2.05) is 28.8 Å². The van der Waals surface area contributed by atoms with E-state index >= 15 is 0 Å². The molecule has 3 heterocycles. The van der Waals surface area contributed by atoms with Crippen molar-refractivity contribution in [2.24, 2.45) is 0 Å². The van der Waals surface area contributed by atoms with Crippen molar-refractivity contribution < 1.29 is 12.8 Å².